The molecular weight excluding hydrogens is 294 g/mol. The molecule has 23 heavy (non-hydrogen) atoms. The zero-order valence-electron chi connectivity index (χ0n) is 12.5. The van der Waals surface area contributed by atoms with Gasteiger partial charge in [0.1, 0.15) is 0 Å². The minimum atomic E-state index is -0.379. The number of aromatic amines is 1. The number of nitrogens with one attached hydrogen (secondary N) is 2. The number of benzene rings is 1. The highest BCUT2D eigenvalue weighted by atomic mass is 16.2. The minimum absolute atomic E-state index is 0.0515. The van der Waals surface area contributed by atoms with Gasteiger partial charge in [-0.1, -0.05) is 29.5 Å². The van der Waals surface area contributed by atoms with Crippen molar-refractivity contribution >= 4 is 11.4 Å². The van der Waals surface area contributed by atoms with Gasteiger partial charge in [0.15, 0.2) is 11.2 Å². The van der Waals surface area contributed by atoms with E-state index in [1.54, 1.807) is 13.1 Å². The van der Waals surface area contributed by atoms with Crippen molar-refractivity contribution in [3.8, 4) is 0 Å². The zero-order valence-corrected chi connectivity index (χ0v) is 12.5. The number of H-pyrrole nitrogens is 1. The fraction of sp³-hybridized carbons (Fsp3) is 0.250. The molecule has 116 valence electrons. The largest absolute Gasteiger partial charge is 0.344 e. The Morgan fingerprint density at radius 1 is 1.39 bits per heavy atom. The molecule has 7 heteroatoms. The van der Waals surface area contributed by atoms with E-state index in [0.717, 1.165) is 18.4 Å². The van der Waals surface area contributed by atoms with Crippen molar-refractivity contribution in [1.29, 1.82) is 0 Å². The van der Waals surface area contributed by atoms with Gasteiger partial charge in [-0.05, 0) is 30.9 Å². The Morgan fingerprint density at radius 2 is 2.22 bits per heavy atom. The minimum Gasteiger partial charge on any atom is -0.344 e. The maximum atomic E-state index is 12.5. The molecular formula is C16H15N5O2. The third kappa shape index (κ3) is 2.21. The van der Waals surface area contributed by atoms with Crippen LogP contribution in [0.5, 0.6) is 0 Å². The molecule has 0 spiro atoms. The molecule has 0 saturated heterocycles. The lowest BCUT2D eigenvalue weighted by Crippen LogP contribution is -2.28. The number of nitrogens with zero attached hydrogens (tertiary/aromatic N) is 3. The van der Waals surface area contributed by atoms with E-state index >= 15 is 0 Å². The number of aromatic nitrogens is 4. The molecule has 3 aromatic rings. The van der Waals surface area contributed by atoms with Crippen LogP contribution in [0.1, 0.15) is 39.8 Å². The number of carbonyl (C=O) groups is 1. The lowest BCUT2D eigenvalue weighted by molar-refractivity contribution is 0.0933. The van der Waals surface area contributed by atoms with Crippen molar-refractivity contribution in [3.63, 3.8) is 0 Å². The number of hydrogen-bond acceptors (Lipinski definition) is 4. The second-order valence-electron chi connectivity index (χ2n) is 5.76. The second-order valence-corrected chi connectivity index (χ2v) is 5.76. The van der Waals surface area contributed by atoms with Gasteiger partial charge in [-0.25, -0.2) is 4.52 Å². The van der Waals surface area contributed by atoms with Crippen LogP contribution in [-0.4, -0.2) is 25.7 Å². The molecule has 2 aromatic heterocycles. The molecule has 0 fully saturated rings. The Labute approximate surface area is 131 Å². The molecule has 1 atom stereocenters. The predicted molar refractivity (Wildman–Crippen MR) is 83.3 cm³/mol. The molecule has 2 N–H and O–H groups in total. The molecule has 0 aliphatic heterocycles. The van der Waals surface area contributed by atoms with E-state index in [-0.39, 0.29) is 28.7 Å². The van der Waals surface area contributed by atoms with Crippen LogP contribution in [0.25, 0.3) is 5.52 Å². The first-order chi connectivity index (χ1) is 11.1. The lowest BCUT2D eigenvalue weighted by Gasteiger charge is -2.12. The maximum Gasteiger partial charge on any atom is 0.276 e. The Morgan fingerprint density at radius 3 is 3.09 bits per heavy atom. The van der Waals surface area contributed by atoms with Crippen molar-refractivity contribution < 1.29 is 4.79 Å². The highest BCUT2D eigenvalue weighted by Gasteiger charge is 2.26. The second kappa shape index (κ2) is 5.05. The topological polar surface area (TPSA) is 92.2 Å². The summed E-state index contributed by atoms with van der Waals surface area (Å²) in [5, 5.41) is 10.7. The Balaban J connectivity index is 1.68. The summed E-state index contributed by atoms with van der Waals surface area (Å²) in [5.74, 6) is -0.379. The van der Waals surface area contributed by atoms with Crippen LogP contribution in [0.2, 0.25) is 0 Å². The van der Waals surface area contributed by atoms with Crippen LogP contribution >= 0.6 is 0 Å². The third-order valence-electron chi connectivity index (χ3n) is 4.19. The summed E-state index contributed by atoms with van der Waals surface area (Å²) in [4.78, 5) is 27.3. The van der Waals surface area contributed by atoms with Crippen LogP contribution in [0.15, 0.2) is 35.3 Å². The van der Waals surface area contributed by atoms with E-state index in [2.05, 4.69) is 26.7 Å². The van der Waals surface area contributed by atoms with E-state index in [9.17, 15) is 9.59 Å². The molecule has 7 nitrogen and oxygen atoms in total. The van der Waals surface area contributed by atoms with Crippen molar-refractivity contribution in [3.05, 3.63) is 63.3 Å². The Bertz CT molecular complexity index is 972. The van der Waals surface area contributed by atoms with E-state index in [4.69, 9.17) is 0 Å². The number of carbonyl (C=O) groups excluding carboxylic acids is 1. The normalized spacial score (nSPS) is 16.5. The summed E-state index contributed by atoms with van der Waals surface area (Å²) < 4.78 is 1.34. The maximum absolute atomic E-state index is 12.5. The number of amides is 1. The first kappa shape index (κ1) is 13.7. The summed E-state index contributed by atoms with van der Waals surface area (Å²) >= 11 is 0. The molecule has 1 aliphatic rings. The number of hydrogen-bond donors (Lipinski definition) is 2. The summed E-state index contributed by atoms with van der Waals surface area (Å²) in [5.41, 5.74) is 2.88. The highest BCUT2D eigenvalue weighted by molar-refractivity contribution is 5.98. The van der Waals surface area contributed by atoms with E-state index in [0.29, 0.717) is 5.69 Å². The quantitative estimate of drug-likeness (QED) is 0.742. The number of fused-ring (bicyclic) bond motifs is 2. The molecule has 0 saturated carbocycles. The smallest absolute Gasteiger partial charge is 0.276 e. The predicted octanol–water partition coefficient (Wildman–Crippen LogP) is 1.14. The van der Waals surface area contributed by atoms with Crippen LogP contribution in [0, 0.1) is 6.92 Å². The van der Waals surface area contributed by atoms with Gasteiger partial charge in [0.2, 0.25) is 0 Å². The zero-order chi connectivity index (χ0) is 16.0. The van der Waals surface area contributed by atoms with Crippen molar-refractivity contribution in [2.45, 2.75) is 25.8 Å². The molecule has 0 unspecified atom stereocenters. The van der Waals surface area contributed by atoms with Crippen LogP contribution < -0.4 is 10.9 Å². The first-order valence-electron chi connectivity index (χ1n) is 7.47. The van der Waals surface area contributed by atoms with Gasteiger partial charge >= 0.3 is 0 Å². The highest BCUT2D eigenvalue weighted by Crippen LogP contribution is 2.30. The summed E-state index contributed by atoms with van der Waals surface area (Å²) in [6.45, 7) is 1.75. The molecule has 0 radical (unpaired) electrons. The fourth-order valence-electron chi connectivity index (χ4n) is 3.14. The Kier molecular flexibility index (Phi) is 3.00. The standard InChI is InChI=1S/C16H15N5O2/c1-9-8-21-14(16(23)17-9)13(19-20-21)15(22)18-12-7-6-10-4-2-3-5-11(10)12/h2-5,8,12H,6-7H2,1H3,(H,17,23)(H,18,22)/t12-/m1/s1. The molecule has 4 rings (SSSR count). The van der Waals surface area contributed by atoms with Crippen LogP contribution in [-0.2, 0) is 6.42 Å². The average Bonchev–Trinajstić information content (AvgIpc) is 3.12. The van der Waals surface area contributed by atoms with E-state index < -0.39 is 0 Å². The lowest BCUT2D eigenvalue weighted by atomic mass is 10.1. The summed E-state index contributed by atoms with van der Waals surface area (Å²) in [6.07, 6.45) is 3.41. The van der Waals surface area contributed by atoms with Gasteiger partial charge in [0, 0.05) is 5.69 Å². The molecule has 1 amide bonds. The van der Waals surface area contributed by atoms with Gasteiger partial charge in [-0.3, -0.25) is 9.59 Å². The molecule has 2 heterocycles. The van der Waals surface area contributed by atoms with Crippen molar-refractivity contribution in [2.24, 2.45) is 0 Å². The SMILES string of the molecule is Cc1cn2nnc(C(=O)N[C@@H]3CCc4ccccc43)c2c(=O)[nH]1. The number of aryl methyl sites for hydroxylation is 2. The number of rotatable bonds is 2. The van der Waals surface area contributed by atoms with E-state index in [1.807, 2.05) is 18.2 Å². The average molecular weight is 309 g/mol. The van der Waals surface area contributed by atoms with E-state index in [1.165, 1.54) is 10.1 Å². The van der Waals surface area contributed by atoms with Crippen molar-refractivity contribution in [1.82, 2.24) is 25.1 Å². The molecule has 0 bridgehead atoms. The Hall–Kier alpha value is -2.96. The third-order valence-corrected chi connectivity index (χ3v) is 4.19. The summed E-state index contributed by atoms with van der Waals surface area (Å²) in [6, 6.07) is 8.00. The van der Waals surface area contributed by atoms with Crippen LogP contribution in [0.3, 0.4) is 0 Å². The molecule has 1 aliphatic carbocycles. The molecule has 1 aromatic carbocycles. The monoisotopic (exact) mass is 309 g/mol. The first-order valence-corrected chi connectivity index (χ1v) is 7.47. The van der Waals surface area contributed by atoms with Crippen molar-refractivity contribution in [2.75, 3.05) is 0 Å². The van der Waals surface area contributed by atoms with Gasteiger partial charge in [0.05, 0.1) is 12.2 Å². The van der Waals surface area contributed by atoms with Gasteiger partial charge in [0.25, 0.3) is 11.5 Å². The van der Waals surface area contributed by atoms with Gasteiger partial charge in [-0.2, -0.15) is 0 Å². The fourth-order valence-corrected chi connectivity index (χ4v) is 3.14. The van der Waals surface area contributed by atoms with Gasteiger partial charge < -0.3 is 10.3 Å². The summed E-state index contributed by atoms with van der Waals surface area (Å²) in [7, 11) is 0. The van der Waals surface area contributed by atoms with Crippen LogP contribution in [0.4, 0.5) is 0 Å². The van der Waals surface area contributed by atoms with Gasteiger partial charge in [-0.15, -0.1) is 5.10 Å².